The van der Waals surface area contributed by atoms with E-state index >= 15 is 0 Å². The quantitative estimate of drug-likeness (QED) is 0.195. The molecule has 7 nitrogen and oxygen atoms in total. The molecule has 8 heteroatoms. The van der Waals surface area contributed by atoms with Crippen LogP contribution in [-0.2, 0) is 19.6 Å². The van der Waals surface area contributed by atoms with E-state index in [0.29, 0.717) is 37.2 Å². The largest absolute Gasteiger partial charge is 0.507 e. The minimum atomic E-state index is -3.79. The molecule has 2 fully saturated rings. The number of carbonyl (C=O) groups is 1. The fourth-order valence-electron chi connectivity index (χ4n) is 7.88. The molecule has 0 radical (unpaired) electrons. The van der Waals surface area contributed by atoms with E-state index in [9.17, 15) is 18.3 Å². The van der Waals surface area contributed by atoms with E-state index in [1.54, 1.807) is 42.5 Å². The first-order valence-electron chi connectivity index (χ1n) is 16.5. The Hall–Kier alpha value is -4.40. The van der Waals surface area contributed by atoms with Gasteiger partial charge in [-0.05, 0) is 77.8 Å². The van der Waals surface area contributed by atoms with E-state index in [1.165, 1.54) is 22.3 Å². The summed E-state index contributed by atoms with van der Waals surface area (Å²) in [5.41, 5.74) is 6.79. The predicted molar refractivity (Wildman–Crippen MR) is 182 cm³/mol. The molecule has 2 aliphatic carbocycles. The molecule has 8 rings (SSSR count). The van der Waals surface area contributed by atoms with Crippen LogP contribution in [0.2, 0.25) is 0 Å². The van der Waals surface area contributed by atoms with Crippen molar-refractivity contribution in [3.8, 4) is 11.1 Å². The lowest BCUT2D eigenvalue weighted by Crippen LogP contribution is -2.47. The van der Waals surface area contributed by atoms with Crippen LogP contribution in [0.1, 0.15) is 59.8 Å². The summed E-state index contributed by atoms with van der Waals surface area (Å²) in [4.78, 5) is 16.2. The number of piperidine rings is 1. The molecule has 4 aliphatic rings. The molecule has 1 unspecified atom stereocenters. The zero-order chi connectivity index (χ0) is 32.3. The minimum Gasteiger partial charge on any atom is -0.507 e. The van der Waals surface area contributed by atoms with Crippen LogP contribution >= 0.6 is 0 Å². The zero-order valence-corrected chi connectivity index (χ0v) is 27.2. The van der Waals surface area contributed by atoms with Crippen LogP contribution in [0.4, 0.5) is 5.69 Å². The number of nitrogens with zero attached hydrogens (tertiary/aromatic N) is 1. The molecule has 0 aromatic heterocycles. The highest BCUT2D eigenvalue weighted by Crippen LogP contribution is 2.53. The van der Waals surface area contributed by atoms with E-state index in [0.717, 1.165) is 30.5 Å². The Kier molecular flexibility index (Phi) is 7.26. The molecule has 2 N–H and O–H groups in total. The molecule has 1 atom stereocenters. The van der Waals surface area contributed by atoms with Crippen molar-refractivity contribution in [3.05, 3.63) is 131 Å². The van der Waals surface area contributed by atoms with Gasteiger partial charge in [0.2, 0.25) is 0 Å². The lowest BCUT2D eigenvalue weighted by molar-refractivity contribution is -0.152. The van der Waals surface area contributed by atoms with Crippen molar-refractivity contribution in [2.45, 2.75) is 54.9 Å². The smallest absolute Gasteiger partial charge is 0.339 e. The predicted octanol–water partition coefficient (Wildman–Crippen LogP) is 7.31. The van der Waals surface area contributed by atoms with Crippen LogP contribution in [0.25, 0.3) is 11.1 Å². The molecule has 2 heterocycles. The Balaban J connectivity index is 1.02. The van der Waals surface area contributed by atoms with Gasteiger partial charge in [0.05, 0.1) is 10.5 Å². The number of fused-ring (bicyclic) bond motifs is 3. The van der Waals surface area contributed by atoms with E-state index < -0.39 is 21.6 Å². The average molecular weight is 647 g/mol. The molecular weight excluding hydrogens is 609 g/mol. The van der Waals surface area contributed by atoms with Crippen molar-refractivity contribution in [2.75, 3.05) is 24.4 Å². The number of rotatable bonds is 8. The van der Waals surface area contributed by atoms with Gasteiger partial charge >= 0.3 is 5.97 Å². The summed E-state index contributed by atoms with van der Waals surface area (Å²) in [5, 5.41) is 11.8. The summed E-state index contributed by atoms with van der Waals surface area (Å²) < 4.78 is 35.0. The summed E-state index contributed by atoms with van der Waals surface area (Å²) >= 11 is 0. The number of anilines is 1. The first-order valence-corrected chi connectivity index (χ1v) is 18.0. The maximum Gasteiger partial charge on any atom is 0.339 e. The normalized spacial score (nSPS) is 19.8. The molecule has 0 bridgehead atoms. The second-order valence-electron chi connectivity index (χ2n) is 13.5. The zero-order valence-electron chi connectivity index (χ0n) is 26.4. The van der Waals surface area contributed by atoms with Crippen LogP contribution in [0.15, 0.2) is 113 Å². The molecule has 4 aromatic rings. The Morgan fingerprint density at radius 2 is 1.53 bits per heavy atom. The van der Waals surface area contributed by atoms with E-state index in [1.807, 2.05) is 13.0 Å². The molecule has 1 spiro atoms. The third-order valence-electron chi connectivity index (χ3n) is 10.5. The van der Waals surface area contributed by atoms with Crippen molar-refractivity contribution >= 4 is 21.7 Å². The lowest BCUT2D eigenvalue weighted by Gasteiger charge is -2.39. The van der Waals surface area contributed by atoms with Crippen LogP contribution in [0.5, 0.6) is 0 Å². The topological polar surface area (TPSA) is 95.9 Å². The number of carbonyl (C=O) groups excluding carboxylic acids is 1. The average Bonchev–Trinajstić information content (AvgIpc) is 3.82. The molecule has 0 amide bonds. The first kappa shape index (κ1) is 30.0. The summed E-state index contributed by atoms with van der Waals surface area (Å²) in [6.07, 6.45) is 2.91. The van der Waals surface area contributed by atoms with E-state index in [-0.39, 0.29) is 28.4 Å². The van der Waals surface area contributed by atoms with Crippen molar-refractivity contribution < 1.29 is 23.1 Å². The fourth-order valence-corrected chi connectivity index (χ4v) is 8.93. The number of aliphatic hydroxyl groups is 1. The fraction of sp³-hybridized carbons (Fsp3) is 0.308. The highest BCUT2D eigenvalue weighted by molar-refractivity contribution is 7.92. The van der Waals surface area contributed by atoms with Gasteiger partial charge in [-0.3, -0.25) is 4.72 Å². The van der Waals surface area contributed by atoms with Gasteiger partial charge in [-0.2, -0.15) is 0 Å². The summed E-state index contributed by atoms with van der Waals surface area (Å²) in [6.45, 7) is 4.18. The van der Waals surface area contributed by atoms with Crippen molar-refractivity contribution in [3.63, 3.8) is 0 Å². The Morgan fingerprint density at radius 1 is 0.894 bits per heavy atom. The number of hydrogen-bond donors (Lipinski definition) is 2. The maximum absolute atomic E-state index is 13.6. The molecule has 47 heavy (non-hydrogen) atoms. The van der Waals surface area contributed by atoms with E-state index in [4.69, 9.17) is 4.74 Å². The third kappa shape index (κ3) is 5.33. The molecular formula is C39H38N2O5S. The maximum atomic E-state index is 13.6. The minimum absolute atomic E-state index is 0.0567. The number of sulfonamides is 1. The van der Waals surface area contributed by atoms with Gasteiger partial charge in [-0.25, -0.2) is 13.2 Å². The second-order valence-corrected chi connectivity index (χ2v) is 15.2. The van der Waals surface area contributed by atoms with Gasteiger partial charge in [-0.15, -0.1) is 0 Å². The molecule has 4 aromatic carbocycles. The van der Waals surface area contributed by atoms with Gasteiger partial charge in [0.1, 0.15) is 5.76 Å². The van der Waals surface area contributed by atoms with Gasteiger partial charge in [0.25, 0.3) is 10.0 Å². The highest BCUT2D eigenvalue weighted by Gasteiger charge is 2.54. The number of aryl methyl sites for hydroxylation is 1. The van der Waals surface area contributed by atoms with Crippen LogP contribution < -0.4 is 4.72 Å². The second kappa shape index (κ2) is 11.4. The Morgan fingerprint density at radius 3 is 2.17 bits per heavy atom. The summed E-state index contributed by atoms with van der Waals surface area (Å²) in [6, 6.07) is 31.2. The van der Waals surface area contributed by atoms with Crippen LogP contribution in [0, 0.1) is 12.8 Å². The van der Waals surface area contributed by atoms with E-state index in [2.05, 4.69) is 58.2 Å². The van der Waals surface area contributed by atoms with Crippen molar-refractivity contribution in [1.29, 1.82) is 0 Å². The number of esters is 1. The number of aliphatic hydroxyl groups excluding tert-OH is 1. The SMILES string of the molecule is Cc1ccc(S(=O)(=O)Nc2cccc(C(C3=C(O)C4(CCN(CC5c6ccccc6-c6ccccc65)CC4)OC3=O)C3CC3)c2)cc1. The highest BCUT2D eigenvalue weighted by atomic mass is 32.2. The Labute approximate surface area is 276 Å². The van der Waals surface area contributed by atoms with Crippen molar-refractivity contribution in [2.24, 2.45) is 5.92 Å². The number of ether oxygens (including phenoxy) is 1. The van der Waals surface area contributed by atoms with Crippen molar-refractivity contribution in [1.82, 2.24) is 4.90 Å². The van der Waals surface area contributed by atoms with Gasteiger partial charge < -0.3 is 14.7 Å². The van der Waals surface area contributed by atoms with Gasteiger partial charge in [-0.1, -0.05) is 78.4 Å². The van der Waals surface area contributed by atoms with Crippen LogP contribution in [0.3, 0.4) is 0 Å². The standard InChI is InChI=1S/C39H38N2O5S/c1-25-13-17-29(18-14-25)47(44,45)40-28-8-6-7-27(23-28)35(26-15-16-26)36-37(42)39(46-38(36)43)19-21-41(22-20-39)24-34-32-11-4-2-9-30(32)31-10-3-5-12-33(31)34/h2-14,17-18,23,26,34-35,40,42H,15-16,19-22,24H2,1H3. The number of likely N-dealkylation sites (tertiary alicyclic amines) is 1. The van der Waals surface area contributed by atoms with Gasteiger partial charge in [0.15, 0.2) is 5.60 Å². The molecule has 1 saturated carbocycles. The van der Waals surface area contributed by atoms with Gasteiger partial charge in [0, 0.05) is 50.0 Å². The number of nitrogens with one attached hydrogen (secondary N) is 1. The Bertz CT molecular complexity index is 1960. The number of benzene rings is 4. The molecule has 2 aliphatic heterocycles. The summed E-state index contributed by atoms with van der Waals surface area (Å²) in [7, 11) is -3.79. The first-order chi connectivity index (χ1) is 22.7. The molecule has 1 saturated heterocycles. The summed E-state index contributed by atoms with van der Waals surface area (Å²) in [5.74, 6) is -0.313. The third-order valence-corrected chi connectivity index (χ3v) is 11.9. The number of hydrogen-bond acceptors (Lipinski definition) is 6. The van der Waals surface area contributed by atoms with Crippen LogP contribution in [-0.4, -0.2) is 49.6 Å². The molecule has 240 valence electrons. The lowest BCUT2D eigenvalue weighted by atomic mass is 9.82. The monoisotopic (exact) mass is 646 g/mol.